The van der Waals surface area contributed by atoms with Crippen LogP contribution in [0.3, 0.4) is 0 Å². The minimum atomic E-state index is -1.29. The van der Waals surface area contributed by atoms with Crippen LogP contribution in [0, 0.1) is 11.2 Å². The van der Waals surface area contributed by atoms with E-state index in [0.29, 0.717) is 12.2 Å². The van der Waals surface area contributed by atoms with E-state index in [1.165, 1.54) is 32.0 Å². The molecule has 0 saturated heterocycles. The number of nitrogens with one attached hydrogen (secondary N) is 2. The van der Waals surface area contributed by atoms with Crippen LogP contribution in [-0.2, 0) is 16.1 Å². The summed E-state index contributed by atoms with van der Waals surface area (Å²) in [7, 11) is 0. The number of carbonyl (C=O) groups is 2. The van der Waals surface area contributed by atoms with Crippen LogP contribution in [0.5, 0.6) is 0 Å². The van der Waals surface area contributed by atoms with Gasteiger partial charge in [-0.05, 0) is 49.7 Å². The standard InChI is InChI=1S/C17H18FN3O2/c1-17(2,15(22)20-11-12-6-8-19-9-7-12)16(23)21-14-5-3-4-13(18)10-14/h3-10H,11H2,1-2H3,(H,20,22)(H,21,23). The molecule has 0 radical (unpaired) electrons. The van der Waals surface area contributed by atoms with Crippen molar-refractivity contribution in [2.24, 2.45) is 5.41 Å². The van der Waals surface area contributed by atoms with Crippen LogP contribution in [-0.4, -0.2) is 16.8 Å². The third kappa shape index (κ3) is 4.35. The molecule has 0 saturated carbocycles. The first-order valence-corrected chi connectivity index (χ1v) is 7.14. The molecule has 0 bridgehead atoms. The first kappa shape index (κ1) is 16.6. The van der Waals surface area contributed by atoms with E-state index in [-0.39, 0.29) is 0 Å². The third-order valence-electron chi connectivity index (χ3n) is 3.42. The Labute approximate surface area is 133 Å². The number of hydrogen-bond acceptors (Lipinski definition) is 3. The molecule has 6 heteroatoms. The SMILES string of the molecule is CC(C)(C(=O)NCc1ccncc1)C(=O)Nc1cccc(F)c1. The van der Waals surface area contributed by atoms with Gasteiger partial charge in [-0.15, -0.1) is 0 Å². The number of amides is 2. The lowest BCUT2D eigenvalue weighted by molar-refractivity contribution is -0.138. The first-order valence-electron chi connectivity index (χ1n) is 7.14. The Balaban J connectivity index is 1.98. The molecule has 2 rings (SSSR count). The largest absolute Gasteiger partial charge is 0.351 e. The van der Waals surface area contributed by atoms with Crippen LogP contribution in [0.15, 0.2) is 48.8 Å². The predicted molar refractivity (Wildman–Crippen MR) is 84.9 cm³/mol. The molecular formula is C17H18FN3O2. The minimum absolute atomic E-state index is 0.304. The van der Waals surface area contributed by atoms with E-state index >= 15 is 0 Å². The molecule has 1 aromatic carbocycles. The highest BCUT2D eigenvalue weighted by molar-refractivity contribution is 6.09. The second-order valence-corrected chi connectivity index (χ2v) is 5.63. The molecule has 2 N–H and O–H groups in total. The summed E-state index contributed by atoms with van der Waals surface area (Å²) < 4.78 is 13.1. The number of halogens is 1. The van der Waals surface area contributed by atoms with Crippen LogP contribution in [0.1, 0.15) is 19.4 Å². The summed E-state index contributed by atoms with van der Waals surface area (Å²) >= 11 is 0. The molecule has 0 atom stereocenters. The zero-order chi connectivity index (χ0) is 16.9. The maximum Gasteiger partial charge on any atom is 0.239 e. The van der Waals surface area contributed by atoms with Crippen molar-refractivity contribution >= 4 is 17.5 Å². The van der Waals surface area contributed by atoms with Gasteiger partial charge in [0.2, 0.25) is 11.8 Å². The first-order chi connectivity index (χ1) is 10.9. The lowest BCUT2D eigenvalue weighted by Gasteiger charge is -2.22. The Morgan fingerprint density at radius 3 is 2.48 bits per heavy atom. The van der Waals surface area contributed by atoms with Gasteiger partial charge in [0.25, 0.3) is 0 Å². The molecule has 2 amide bonds. The van der Waals surface area contributed by atoms with Gasteiger partial charge in [-0.1, -0.05) is 6.07 Å². The van der Waals surface area contributed by atoms with Gasteiger partial charge in [-0.3, -0.25) is 14.6 Å². The number of aromatic nitrogens is 1. The van der Waals surface area contributed by atoms with E-state index in [4.69, 9.17) is 0 Å². The maximum atomic E-state index is 13.1. The topological polar surface area (TPSA) is 71.1 Å². The predicted octanol–water partition coefficient (Wildman–Crippen LogP) is 2.50. The fourth-order valence-corrected chi connectivity index (χ4v) is 1.86. The number of carbonyl (C=O) groups excluding carboxylic acids is 2. The average molecular weight is 315 g/mol. The molecule has 0 aliphatic carbocycles. The van der Waals surface area contributed by atoms with Gasteiger partial charge >= 0.3 is 0 Å². The van der Waals surface area contributed by atoms with E-state index in [1.807, 2.05) is 0 Å². The number of anilines is 1. The summed E-state index contributed by atoms with van der Waals surface area (Å²) in [4.78, 5) is 28.5. The molecule has 1 heterocycles. The normalized spacial score (nSPS) is 10.9. The Morgan fingerprint density at radius 1 is 1.13 bits per heavy atom. The van der Waals surface area contributed by atoms with Gasteiger partial charge in [0.15, 0.2) is 0 Å². The molecule has 0 aliphatic rings. The number of benzene rings is 1. The minimum Gasteiger partial charge on any atom is -0.351 e. The van der Waals surface area contributed by atoms with Crippen molar-refractivity contribution in [2.45, 2.75) is 20.4 Å². The lowest BCUT2D eigenvalue weighted by Crippen LogP contribution is -2.44. The van der Waals surface area contributed by atoms with Crippen molar-refractivity contribution in [2.75, 3.05) is 5.32 Å². The number of rotatable bonds is 5. The summed E-state index contributed by atoms with van der Waals surface area (Å²) in [6.45, 7) is 3.34. The lowest BCUT2D eigenvalue weighted by atomic mass is 9.91. The van der Waals surface area contributed by atoms with Crippen LogP contribution in [0.25, 0.3) is 0 Å². The van der Waals surface area contributed by atoms with Crippen molar-refractivity contribution < 1.29 is 14.0 Å². The van der Waals surface area contributed by atoms with Gasteiger partial charge in [0.05, 0.1) is 0 Å². The molecular weight excluding hydrogens is 297 g/mol. The third-order valence-corrected chi connectivity index (χ3v) is 3.42. The van der Waals surface area contributed by atoms with Crippen LogP contribution in [0.2, 0.25) is 0 Å². The van der Waals surface area contributed by atoms with E-state index in [0.717, 1.165) is 5.56 Å². The number of pyridine rings is 1. The van der Waals surface area contributed by atoms with Gasteiger partial charge < -0.3 is 10.6 Å². The Morgan fingerprint density at radius 2 is 1.83 bits per heavy atom. The molecule has 0 spiro atoms. The van der Waals surface area contributed by atoms with Crippen molar-refractivity contribution in [1.29, 1.82) is 0 Å². The highest BCUT2D eigenvalue weighted by atomic mass is 19.1. The molecule has 5 nitrogen and oxygen atoms in total. The van der Waals surface area contributed by atoms with Crippen molar-refractivity contribution in [1.82, 2.24) is 10.3 Å². The average Bonchev–Trinajstić information content (AvgIpc) is 2.53. The van der Waals surface area contributed by atoms with Gasteiger partial charge in [0.1, 0.15) is 11.2 Å². The molecule has 0 aliphatic heterocycles. The summed E-state index contributed by atoms with van der Waals surface area (Å²) in [5.41, 5.74) is -0.0981. The quantitative estimate of drug-likeness (QED) is 0.833. The number of hydrogen-bond donors (Lipinski definition) is 2. The smallest absolute Gasteiger partial charge is 0.239 e. The summed E-state index contributed by atoms with van der Waals surface area (Å²) in [5.74, 6) is -1.37. The second kappa shape index (κ2) is 7.00. The Hall–Kier alpha value is -2.76. The van der Waals surface area contributed by atoms with E-state index in [1.54, 1.807) is 30.6 Å². The highest BCUT2D eigenvalue weighted by Gasteiger charge is 2.35. The van der Waals surface area contributed by atoms with Gasteiger partial charge in [-0.2, -0.15) is 0 Å². The maximum absolute atomic E-state index is 13.1. The van der Waals surface area contributed by atoms with Crippen LogP contribution >= 0.6 is 0 Å². The zero-order valence-corrected chi connectivity index (χ0v) is 13.0. The zero-order valence-electron chi connectivity index (χ0n) is 13.0. The summed E-state index contributed by atoms with van der Waals surface area (Å²) in [6.07, 6.45) is 3.26. The van der Waals surface area contributed by atoms with Crippen LogP contribution in [0.4, 0.5) is 10.1 Å². The number of nitrogens with zero attached hydrogens (tertiary/aromatic N) is 1. The summed E-state index contributed by atoms with van der Waals surface area (Å²) in [6, 6.07) is 9.08. The molecule has 1 aromatic heterocycles. The monoisotopic (exact) mass is 315 g/mol. The Bertz CT molecular complexity index is 702. The molecule has 0 unspecified atom stereocenters. The Kier molecular flexibility index (Phi) is 5.05. The highest BCUT2D eigenvalue weighted by Crippen LogP contribution is 2.19. The van der Waals surface area contributed by atoms with E-state index < -0.39 is 23.0 Å². The molecule has 120 valence electrons. The van der Waals surface area contributed by atoms with Gasteiger partial charge in [-0.25, -0.2) is 4.39 Å². The molecule has 2 aromatic rings. The van der Waals surface area contributed by atoms with E-state index in [2.05, 4.69) is 15.6 Å². The van der Waals surface area contributed by atoms with Crippen molar-refractivity contribution in [3.05, 3.63) is 60.2 Å². The fraction of sp³-hybridized carbons (Fsp3) is 0.235. The second-order valence-electron chi connectivity index (χ2n) is 5.63. The van der Waals surface area contributed by atoms with Crippen LogP contribution < -0.4 is 10.6 Å². The fourth-order valence-electron chi connectivity index (χ4n) is 1.86. The van der Waals surface area contributed by atoms with E-state index in [9.17, 15) is 14.0 Å². The van der Waals surface area contributed by atoms with Crippen molar-refractivity contribution in [3.8, 4) is 0 Å². The van der Waals surface area contributed by atoms with Crippen molar-refractivity contribution in [3.63, 3.8) is 0 Å². The molecule has 0 fully saturated rings. The van der Waals surface area contributed by atoms with Gasteiger partial charge in [0, 0.05) is 24.6 Å². The molecule has 23 heavy (non-hydrogen) atoms. The summed E-state index contributed by atoms with van der Waals surface area (Å²) in [5, 5.41) is 5.27.